The van der Waals surface area contributed by atoms with Crippen molar-refractivity contribution in [1.29, 1.82) is 0 Å². The van der Waals surface area contributed by atoms with E-state index >= 15 is 0 Å². The van der Waals surface area contributed by atoms with Gasteiger partial charge in [0.05, 0.1) is 6.10 Å². The number of carboxylic acids is 1. The van der Waals surface area contributed by atoms with Crippen molar-refractivity contribution in [3.05, 3.63) is 29.3 Å². The van der Waals surface area contributed by atoms with E-state index in [2.05, 4.69) is 0 Å². The summed E-state index contributed by atoms with van der Waals surface area (Å²) in [5, 5.41) is 28.3. The van der Waals surface area contributed by atoms with Gasteiger partial charge in [-0.25, -0.2) is 0 Å². The maximum absolute atomic E-state index is 11.1. The number of hydrogen-bond acceptors (Lipinski definition) is 4. The molecule has 1 aliphatic heterocycles. The van der Waals surface area contributed by atoms with E-state index in [0.29, 0.717) is 11.1 Å². The second-order valence-corrected chi connectivity index (χ2v) is 4.01. The Balaban J connectivity index is 2.54. The van der Waals surface area contributed by atoms with Gasteiger partial charge in [-0.1, -0.05) is 6.07 Å². The van der Waals surface area contributed by atoms with E-state index in [9.17, 15) is 15.0 Å². The number of aromatic hydroxyl groups is 1. The quantitative estimate of drug-likeness (QED) is 0.645. The number of fused-ring (bicyclic) bond motifs is 1. The molecule has 0 radical (unpaired) electrons. The van der Waals surface area contributed by atoms with Gasteiger partial charge < -0.3 is 15.3 Å². The molecule has 16 heavy (non-hydrogen) atoms. The second-order valence-electron chi connectivity index (χ2n) is 4.01. The SMILES string of the molecule is CN1C[C@@H](O)c2cc(O)ccc2[C@@H]1C(=O)O. The lowest BCUT2D eigenvalue weighted by Gasteiger charge is -2.34. The molecule has 2 atom stereocenters. The number of nitrogens with zero attached hydrogens (tertiary/aromatic N) is 1. The summed E-state index contributed by atoms with van der Waals surface area (Å²) in [5.74, 6) is -0.923. The predicted octanol–water partition coefficient (Wildman–Crippen LogP) is 0.497. The number of aliphatic carboxylic acids is 1. The molecular weight excluding hydrogens is 210 g/mol. The summed E-state index contributed by atoms with van der Waals surface area (Å²) in [6.07, 6.45) is -0.761. The summed E-state index contributed by atoms with van der Waals surface area (Å²) in [6.45, 7) is 0.243. The lowest BCUT2D eigenvalue weighted by molar-refractivity contribution is -0.144. The summed E-state index contributed by atoms with van der Waals surface area (Å²) < 4.78 is 0. The van der Waals surface area contributed by atoms with Crippen molar-refractivity contribution in [3.63, 3.8) is 0 Å². The molecule has 3 N–H and O–H groups in total. The third-order valence-corrected chi connectivity index (χ3v) is 2.86. The fourth-order valence-electron chi connectivity index (χ4n) is 2.14. The monoisotopic (exact) mass is 223 g/mol. The molecule has 0 aliphatic carbocycles. The van der Waals surface area contributed by atoms with Gasteiger partial charge in [-0.3, -0.25) is 9.69 Å². The number of β-amino-alcohol motifs (C(OH)–C–C–N with tert-alkyl or cyclic N) is 1. The van der Waals surface area contributed by atoms with Crippen molar-refractivity contribution in [2.45, 2.75) is 12.1 Å². The molecule has 86 valence electrons. The van der Waals surface area contributed by atoms with Crippen LogP contribution in [0.15, 0.2) is 18.2 Å². The van der Waals surface area contributed by atoms with Crippen LogP contribution in [0.1, 0.15) is 23.3 Å². The van der Waals surface area contributed by atoms with Crippen molar-refractivity contribution >= 4 is 5.97 Å². The van der Waals surface area contributed by atoms with Crippen LogP contribution in [0.25, 0.3) is 0 Å². The Morgan fingerprint density at radius 1 is 1.44 bits per heavy atom. The normalized spacial score (nSPS) is 25.1. The average Bonchev–Trinajstić information content (AvgIpc) is 2.18. The summed E-state index contributed by atoms with van der Waals surface area (Å²) >= 11 is 0. The number of hydrogen-bond donors (Lipinski definition) is 3. The van der Waals surface area contributed by atoms with Gasteiger partial charge in [0.25, 0.3) is 0 Å². The topological polar surface area (TPSA) is 81.0 Å². The minimum Gasteiger partial charge on any atom is -0.508 e. The molecular formula is C11H13NO4. The van der Waals surface area contributed by atoms with Crippen molar-refractivity contribution < 1.29 is 20.1 Å². The molecule has 1 aliphatic rings. The van der Waals surface area contributed by atoms with E-state index in [1.54, 1.807) is 18.0 Å². The fourth-order valence-corrected chi connectivity index (χ4v) is 2.14. The van der Waals surface area contributed by atoms with Gasteiger partial charge in [0.15, 0.2) is 0 Å². The minimum atomic E-state index is -0.957. The van der Waals surface area contributed by atoms with E-state index in [1.807, 2.05) is 0 Å². The number of carbonyl (C=O) groups is 1. The van der Waals surface area contributed by atoms with Gasteiger partial charge in [0, 0.05) is 6.54 Å². The smallest absolute Gasteiger partial charge is 0.325 e. The number of carboxylic acid groups (broad SMARTS) is 1. The minimum absolute atomic E-state index is 0.0338. The van der Waals surface area contributed by atoms with Gasteiger partial charge >= 0.3 is 5.97 Å². The molecule has 5 nitrogen and oxygen atoms in total. The molecule has 2 rings (SSSR count). The highest BCUT2D eigenvalue weighted by molar-refractivity contribution is 5.76. The number of likely N-dealkylation sites (N-methyl/N-ethyl adjacent to an activating group) is 1. The number of aliphatic hydroxyl groups excluding tert-OH is 1. The van der Waals surface area contributed by atoms with Crippen LogP contribution in [-0.2, 0) is 4.79 Å². The molecule has 1 aromatic rings. The standard InChI is InChI=1S/C11H13NO4/c1-12-5-9(14)8-4-6(13)2-3-7(8)10(12)11(15)16/h2-4,9-10,13-14H,5H2,1H3,(H,15,16)/t9-,10-/m1/s1. The lowest BCUT2D eigenvalue weighted by atomic mass is 9.91. The Morgan fingerprint density at radius 3 is 2.75 bits per heavy atom. The van der Waals surface area contributed by atoms with Crippen LogP contribution in [0.4, 0.5) is 0 Å². The zero-order chi connectivity index (χ0) is 11.9. The van der Waals surface area contributed by atoms with Crippen LogP contribution in [0.3, 0.4) is 0 Å². The van der Waals surface area contributed by atoms with E-state index in [-0.39, 0.29) is 12.3 Å². The first-order valence-electron chi connectivity index (χ1n) is 4.94. The number of phenolic OH excluding ortho intramolecular Hbond substituents is 1. The van der Waals surface area contributed by atoms with Gasteiger partial charge in [-0.15, -0.1) is 0 Å². The van der Waals surface area contributed by atoms with Crippen LogP contribution in [0.5, 0.6) is 5.75 Å². The highest BCUT2D eigenvalue weighted by Gasteiger charge is 2.34. The largest absolute Gasteiger partial charge is 0.508 e. The molecule has 0 amide bonds. The summed E-state index contributed by atoms with van der Waals surface area (Å²) in [4.78, 5) is 12.7. The Bertz CT molecular complexity index is 432. The fraction of sp³-hybridized carbons (Fsp3) is 0.364. The molecule has 0 unspecified atom stereocenters. The molecule has 0 saturated carbocycles. The number of phenols is 1. The number of aliphatic hydroxyl groups is 1. The highest BCUT2D eigenvalue weighted by Crippen LogP contribution is 2.35. The molecule has 0 spiro atoms. The lowest BCUT2D eigenvalue weighted by Crippen LogP contribution is -2.39. The summed E-state index contributed by atoms with van der Waals surface area (Å²) in [5.41, 5.74) is 1.03. The third kappa shape index (κ3) is 1.64. The summed E-state index contributed by atoms with van der Waals surface area (Å²) in [7, 11) is 1.65. The van der Waals surface area contributed by atoms with Crippen LogP contribution < -0.4 is 0 Å². The maximum Gasteiger partial charge on any atom is 0.325 e. The molecule has 0 bridgehead atoms. The van der Waals surface area contributed by atoms with Crippen molar-refractivity contribution in [3.8, 4) is 5.75 Å². The predicted molar refractivity (Wildman–Crippen MR) is 56.1 cm³/mol. The zero-order valence-corrected chi connectivity index (χ0v) is 8.79. The zero-order valence-electron chi connectivity index (χ0n) is 8.79. The molecule has 5 heteroatoms. The van der Waals surface area contributed by atoms with Gasteiger partial charge in [-0.2, -0.15) is 0 Å². The second kappa shape index (κ2) is 3.77. The summed E-state index contributed by atoms with van der Waals surface area (Å²) in [6, 6.07) is 3.63. The van der Waals surface area contributed by atoms with Gasteiger partial charge in [-0.05, 0) is 30.3 Å². The Kier molecular flexibility index (Phi) is 2.57. The first kappa shape index (κ1) is 10.9. The molecule has 1 heterocycles. The first-order chi connectivity index (χ1) is 7.50. The highest BCUT2D eigenvalue weighted by atomic mass is 16.4. The maximum atomic E-state index is 11.1. The molecule has 0 aromatic heterocycles. The van der Waals surface area contributed by atoms with Crippen molar-refractivity contribution in [1.82, 2.24) is 4.90 Å². The molecule has 0 fully saturated rings. The van der Waals surface area contributed by atoms with E-state index in [1.165, 1.54) is 12.1 Å². The van der Waals surface area contributed by atoms with E-state index in [4.69, 9.17) is 5.11 Å². The number of rotatable bonds is 1. The van der Waals surface area contributed by atoms with E-state index < -0.39 is 18.1 Å². The molecule has 1 aromatic carbocycles. The average molecular weight is 223 g/mol. The van der Waals surface area contributed by atoms with Crippen molar-refractivity contribution in [2.24, 2.45) is 0 Å². The van der Waals surface area contributed by atoms with E-state index in [0.717, 1.165) is 0 Å². The van der Waals surface area contributed by atoms with Gasteiger partial charge in [0.2, 0.25) is 0 Å². The third-order valence-electron chi connectivity index (χ3n) is 2.86. The Morgan fingerprint density at radius 2 is 2.12 bits per heavy atom. The van der Waals surface area contributed by atoms with Gasteiger partial charge in [0.1, 0.15) is 11.8 Å². The Labute approximate surface area is 92.6 Å². The first-order valence-corrected chi connectivity index (χ1v) is 4.94. The van der Waals surface area contributed by atoms with Crippen LogP contribution >= 0.6 is 0 Å². The number of benzene rings is 1. The van der Waals surface area contributed by atoms with Crippen molar-refractivity contribution in [2.75, 3.05) is 13.6 Å². The Hall–Kier alpha value is -1.59. The van der Waals surface area contributed by atoms with Crippen LogP contribution in [-0.4, -0.2) is 39.8 Å². The van der Waals surface area contributed by atoms with Crippen LogP contribution in [0.2, 0.25) is 0 Å². The van der Waals surface area contributed by atoms with Crippen LogP contribution in [0, 0.1) is 0 Å². The molecule has 0 saturated heterocycles.